The van der Waals surface area contributed by atoms with Crippen LogP contribution < -0.4 is 0 Å². The van der Waals surface area contributed by atoms with Crippen molar-refractivity contribution in [3.05, 3.63) is 59.8 Å². The largest absolute Gasteiger partial charge is 0.460 e. The molecule has 0 saturated heterocycles. The van der Waals surface area contributed by atoms with Gasteiger partial charge in [-0.15, -0.1) is 22.7 Å². The summed E-state index contributed by atoms with van der Waals surface area (Å²) in [5, 5.41) is 4.08. The van der Waals surface area contributed by atoms with E-state index in [9.17, 15) is 4.79 Å². The Morgan fingerprint density at radius 2 is 1.74 bits per heavy atom. The summed E-state index contributed by atoms with van der Waals surface area (Å²) in [5.41, 5.74) is 2.07. The molecule has 0 N–H and O–H groups in total. The highest BCUT2D eigenvalue weighted by molar-refractivity contribution is 7.14. The molecule has 5 heteroatoms. The predicted octanol–water partition coefficient (Wildman–Crippen LogP) is 5.24. The number of aromatic nitrogens is 1. The molecule has 0 unspecified atom stereocenters. The van der Waals surface area contributed by atoms with Gasteiger partial charge in [-0.05, 0) is 41.9 Å². The third kappa shape index (κ3) is 3.16. The van der Waals surface area contributed by atoms with Gasteiger partial charge in [0, 0.05) is 0 Å². The number of hydrogen-bond acceptors (Lipinski definition) is 4. The fourth-order valence-corrected chi connectivity index (χ4v) is 3.98. The Morgan fingerprint density at radius 3 is 2.17 bits per heavy atom. The van der Waals surface area contributed by atoms with Gasteiger partial charge in [-0.3, -0.25) is 0 Å². The Labute approximate surface area is 143 Å². The smallest absolute Gasteiger partial charge is 0.329 e. The van der Waals surface area contributed by atoms with Crippen molar-refractivity contribution in [1.29, 1.82) is 0 Å². The summed E-state index contributed by atoms with van der Waals surface area (Å²) in [5.74, 6) is -0.253. The number of carbonyl (C=O) groups is 1. The molecule has 0 aromatic carbocycles. The summed E-state index contributed by atoms with van der Waals surface area (Å²) in [7, 11) is 0. The van der Waals surface area contributed by atoms with E-state index in [-0.39, 0.29) is 12.6 Å². The van der Waals surface area contributed by atoms with Crippen LogP contribution in [0.1, 0.15) is 13.0 Å². The van der Waals surface area contributed by atoms with Crippen LogP contribution in [-0.2, 0) is 9.53 Å². The molecular formula is C18H17NO2S2. The highest BCUT2D eigenvalue weighted by Crippen LogP contribution is 2.36. The fourth-order valence-electron chi connectivity index (χ4n) is 2.48. The minimum atomic E-state index is -0.404. The van der Waals surface area contributed by atoms with E-state index in [1.54, 1.807) is 28.7 Å². The standard InChI is InChI=1S/C18H17NO2S2/c1-3-10-21-18(20)13(2)19-14(16-6-4-11-22-16)8-9-15(19)17-7-5-12-23-17/h3-9,11-13H,1,10H2,2H3/t13-/m0/s1. The van der Waals surface area contributed by atoms with Crippen LogP contribution in [0.3, 0.4) is 0 Å². The lowest BCUT2D eigenvalue weighted by Crippen LogP contribution is -2.20. The van der Waals surface area contributed by atoms with Crippen LogP contribution >= 0.6 is 22.7 Å². The van der Waals surface area contributed by atoms with Crippen LogP contribution in [0, 0.1) is 0 Å². The normalized spacial score (nSPS) is 12.0. The molecule has 3 aromatic rings. The van der Waals surface area contributed by atoms with Crippen LogP contribution in [0.5, 0.6) is 0 Å². The molecule has 118 valence electrons. The number of nitrogens with zero attached hydrogens (tertiary/aromatic N) is 1. The van der Waals surface area contributed by atoms with Crippen molar-refractivity contribution in [2.75, 3.05) is 6.61 Å². The zero-order chi connectivity index (χ0) is 16.2. The first-order valence-corrected chi connectivity index (χ1v) is 9.05. The van der Waals surface area contributed by atoms with Crippen molar-refractivity contribution < 1.29 is 9.53 Å². The van der Waals surface area contributed by atoms with Crippen molar-refractivity contribution in [1.82, 2.24) is 4.57 Å². The zero-order valence-electron chi connectivity index (χ0n) is 12.8. The van der Waals surface area contributed by atoms with Gasteiger partial charge in [0.05, 0.1) is 21.1 Å². The fraction of sp³-hybridized carbons (Fsp3) is 0.167. The summed E-state index contributed by atoms with van der Waals surface area (Å²) >= 11 is 3.32. The summed E-state index contributed by atoms with van der Waals surface area (Å²) in [6, 6.07) is 11.9. The number of rotatable bonds is 6. The van der Waals surface area contributed by atoms with Crippen LogP contribution in [0.25, 0.3) is 21.1 Å². The van der Waals surface area contributed by atoms with E-state index in [1.807, 2.05) is 29.8 Å². The number of ether oxygens (including phenoxy) is 1. The molecule has 0 bridgehead atoms. The van der Waals surface area contributed by atoms with Gasteiger partial charge in [0.2, 0.25) is 0 Å². The van der Waals surface area contributed by atoms with Gasteiger partial charge >= 0.3 is 5.97 Å². The van der Waals surface area contributed by atoms with E-state index in [0.717, 1.165) is 21.1 Å². The number of thiophene rings is 2. The molecule has 0 aliphatic heterocycles. The third-order valence-corrected chi connectivity index (χ3v) is 5.32. The first kappa shape index (κ1) is 15.8. The highest BCUT2D eigenvalue weighted by Gasteiger charge is 2.23. The molecule has 3 heterocycles. The lowest BCUT2D eigenvalue weighted by atomic mass is 10.2. The molecule has 23 heavy (non-hydrogen) atoms. The molecular weight excluding hydrogens is 326 g/mol. The molecule has 0 spiro atoms. The lowest BCUT2D eigenvalue weighted by molar-refractivity contribution is -0.145. The molecule has 3 aromatic heterocycles. The maximum Gasteiger partial charge on any atom is 0.329 e. The lowest BCUT2D eigenvalue weighted by Gasteiger charge is -2.18. The SMILES string of the molecule is C=CCOC(=O)[C@H](C)n1c(-c2cccs2)ccc1-c1cccs1. The molecule has 3 nitrogen and oxygen atoms in total. The van der Waals surface area contributed by atoms with Crippen LogP contribution in [0.2, 0.25) is 0 Å². The third-order valence-electron chi connectivity index (χ3n) is 3.54. The molecule has 0 amide bonds. The minimum Gasteiger partial charge on any atom is -0.460 e. The second-order valence-electron chi connectivity index (χ2n) is 5.02. The van der Waals surface area contributed by atoms with Gasteiger partial charge in [-0.25, -0.2) is 4.79 Å². The maximum atomic E-state index is 12.4. The van der Waals surface area contributed by atoms with Gasteiger partial charge in [-0.2, -0.15) is 0 Å². The van der Waals surface area contributed by atoms with Crippen molar-refractivity contribution in [2.24, 2.45) is 0 Å². The van der Waals surface area contributed by atoms with Gasteiger partial charge < -0.3 is 9.30 Å². The summed E-state index contributed by atoms with van der Waals surface area (Å²) in [4.78, 5) is 14.6. The predicted molar refractivity (Wildman–Crippen MR) is 96.9 cm³/mol. The Morgan fingerprint density at radius 1 is 1.17 bits per heavy atom. The first-order valence-electron chi connectivity index (χ1n) is 7.29. The summed E-state index contributed by atoms with van der Waals surface area (Å²) < 4.78 is 7.31. The monoisotopic (exact) mass is 343 g/mol. The Kier molecular flexibility index (Phi) is 4.79. The van der Waals surface area contributed by atoms with E-state index in [2.05, 4.69) is 35.4 Å². The zero-order valence-corrected chi connectivity index (χ0v) is 14.4. The van der Waals surface area contributed by atoms with Gasteiger partial charge in [0.25, 0.3) is 0 Å². The molecule has 0 saturated carbocycles. The van der Waals surface area contributed by atoms with Crippen LogP contribution in [-0.4, -0.2) is 17.1 Å². The number of esters is 1. The van der Waals surface area contributed by atoms with Crippen LogP contribution in [0.15, 0.2) is 59.8 Å². The van der Waals surface area contributed by atoms with Crippen molar-refractivity contribution >= 4 is 28.6 Å². The maximum absolute atomic E-state index is 12.4. The van der Waals surface area contributed by atoms with E-state index in [4.69, 9.17) is 4.74 Å². The van der Waals surface area contributed by atoms with E-state index in [1.165, 1.54) is 0 Å². The number of hydrogen-bond donors (Lipinski definition) is 0. The molecule has 3 rings (SSSR count). The van der Waals surface area contributed by atoms with E-state index in [0.29, 0.717) is 0 Å². The second-order valence-corrected chi connectivity index (χ2v) is 6.92. The van der Waals surface area contributed by atoms with Crippen molar-refractivity contribution in [3.8, 4) is 21.1 Å². The molecule has 0 aliphatic carbocycles. The highest BCUT2D eigenvalue weighted by atomic mass is 32.1. The Balaban J connectivity index is 2.06. The average Bonchev–Trinajstić information content (AvgIpc) is 3.31. The van der Waals surface area contributed by atoms with E-state index >= 15 is 0 Å². The first-order chi connectivity index (χ1) is 11.2. The minimum absolute atomic E-state index is 0.229. The summed E-state index contributed by atoms with van der Waals surface area (Å²) in [6.07, 6.45) is 1.58. The Hall–Kier alpha value is -2.11. The summed E-state index contributed by atoms with van der Waals surface area (Å²) in [6.45, 7) is 5.69. The second kappa shape index (κ2) is 6.98. The number of carbonyl (C=O) groups excluding carboxylic acids is 1. The average molecular weight is 343 g/mol. The van der Waals surface area contributed by atoms with Crippen molar-refractivity contribution in [3.63, 3.8) is 0 Å². The van der Waals surface area contributed by atoms with Gasteiger partial charge in [0.15, 0.2) is 0 Å². The molecule has 0 fully saturated rings. The molecule has 0 radical (unpaired) electrons. The quantitative estimate of drug-likeness (QED) is 0.453. The van der Waals surface area contributed by atoms with Crippen LogP contribution in [0.4, 0.5) is 0 Å². The van der Waals surface area contributed by atoms with Gasteiger partial charge in [-0.1, -0.05) is 24.8 Å². The molecule has 1 atom stereocenters. The van der Waals surface area contributed by atoms with Gasteiger partial charge in [0.1, 0.15) is 12.6 Å². The molecule has 0 aliphatic rings. The topological polar surface area (TPSA) is 31.2 Å². The Bertz CT molecular complexity index is 733. The van der Waals surface area contributed by atoms with E-state index < -0.39 is 6.04 Å². The van der Waals surface area contributed by atoms with Crippen molar-refractivity contribution in [2.45, 2.75) is 13.0 Å².